The molecule has 0 amide bonds. The van der Waals surface area contributed by atoms with Crippen LogP contribution in [0, 0.1) is 14.8 Å². The average molecular weight is 498 g/mol. The van der Waals surface area contributed by atoms with Gasteiger partial charge in [-0.3, -0.25) is 0 Å². The lowest BCUT2D eigenvalue weighted by Gasteiger charge is -2.60. The molecule has 1 aromatic heterocycles. The molecule has 0 saturated carbocycles. The monoisotopic (exact) mass is 496 g/mol. The number of likely N-dealkylation sites (tertiary alicyclic amines) is 1. The number of hydrogen-bond donors (Lipinski definition) is 0. The molecule has 2 saturated heterocycles. The summed E-state index contributed by atoms with van der Waals surface area (Å²) in [5, 5.41) is 0.804. The van der Waals surface area contributed by atoms with Gasteiger partial charge in [0.15, 0.2) is 5.82 Å². The van der Waals surface area contributed by atoms with Crippen LogP contribution in [0.3, 0.4) is 0 Å². The van der Waals surface area contributed by atoms with Crippen molar-refractivity contribution in [3.05, 3.63) is 25.2 Å². The lowest BCUT2D eigenvalue weighted by Crippen LogP contribution is -2.71. The Labute approximate surface area is 154 Å². The van der Waals surface area contributed by atoms with Gasteiger partial charge in [0.25, 0.3) is 0 Å². The van der Waals surface area contributed by atoms with E-state index in [1.807, 2.05) is 6.07 Å². The molecule has 0 bridgehead atoms. The molecule has 1 aromatic carbocycles. The molecular weight excluding hydrogens is 485 g/mol. The third kappa shape index (κ3) is 2.23. The summed E-state index contributed by atoms with van der Waals surface area (Å²) < 4.78 is 15.7. The SMILES string of the molecule is CN1CC2(C1)CN(c1nc(Cl)nc3c(F)c(Br)c(I)cc13)C2. The van der Waals surface area contributed by atoms with Gasteiger partial charge in [-0.05, 0) is 63.2 Å². The van der Waals surface area contributed by atoms with Gasteiger partial charge in [0.1, 0.15) is 11.3 Å². The van der Waals surface area contributed by atoms with Crippen LogP contribution in [0.1, 0.15) is 0 Å². The number of benzene rings is 1. The number of aromatic nitrogens is 2. The second-order valence-electron chi connectivity index (χ2n) is 6.23. The number of nitrogens with zero attached hydrogens (tertiary/aromatic N) is 4. The van der Waals surface area contributed by atoms with E-state index in [0.717, 1.165) is 41.0 Å². The largest absolute Gasteiger partial charge is 0.355 e. The summed E-state index contributed by atoms with van der Waals surface area (Å²) in [5.41, 5.74) is 0.647. The van der Waals surface area contributed by atoms with Crippen molar-refractivity contribution in [1.29, 1.82) is 0 Å². The van der Waals surface area contributed by atoms with Crippen LogP contribution >= 0.6 is 50.1 Å². The maximum absolute atomic E-state index is 14.5. The lowest BCUT2D eigenvalue weighted by molar-refractivity contribution is -0.00265. The molecule has 22 heavy (non-hydrogen) atoms. The summed E-state index contributed by atoms with van der Waals surface area (Å²) in [6.07, 6.45) is 0. The highest BCUT2D eigenvalue weighted by molar-refractivity contribution is 14.1. The smallest absolute Gasteiger partial charge is 0.225 e. The molecule has 0 aliphatic carbocycles. The summed E-state index contributed by atoms with van der Waals surface area (Å²) in [7, 11) is 2.13. The molecule has 3 heterocycles. The molecule has 0 radical (unpaired) electrons. The topological polar surface area (TPSA) is 32.3 Å². The van der Waals surface area contributed by atoms with Crippen molar-refractivity contribution in [3.8, 4) is 0 Å². The van der Waals surface area contributed by atoms with E-state index in [0.29, 0.717) is 9.89 Å². The van der Waals surface area contributed by atoms with Crippen LogP contribution in [0.25, 0.3) is 10.9 Å². The molecule has 0 atom stereocenters. The second kappa shape index (κ2) is 5.12. The van der Waals surface area contributed by atoms with Crippen molar-refractivity contribution >= 4 is 66.8 Å². The maximum Gasteiger partial charge on any atom is 0.225 e. The average Bonchev–Trinajstić information content (AvgIpc) is 2.39. The van der Waals surface area contributed by atoms with Crippen molar-refractivity contribution in [3.63, 3.8) is 0 Å². The molecule has 4 nitrogen and oxygen atoms in total. The van der Waals surface area contributed by atoms with Crippen molar-refractivity contribution < 1.29 is 4.39 Å². The summed E-state index contributed by atoms with van der Waals surface area (Å²) in [4.78, 5) is 12.9. The standard InChI is InChI=1S/C14H12BrClFIN4/c1-21-3-14(4-21)5-22(6-14)12-7-2-8(18)9(15)10(17)11(7)19-13(16)20-12/h2H,3-6H2,1H3. The van der Waals surface area contributed by atoms with E-state index in [9.17, 15) is 4.39 Å². The first-order chi connectivity index (χ1) is 10.4. The van der Waals surface area contributed by atoms with Gasteiger partial charge in [-0.2, -0.15) is 4.98 Å². The van der Waals surface area contributed by atoms with Gasteiger partial charge >= 0.3 is 0 Å². The molecule has 116 valence electrons. The summed E-state index contributed by atoms with van der Waals surface area (Å²) in [6.45, 7) is 4.09. The van der Waals surface area contributed by atoms with Crippen LogP contribution in [0.4, 0.5) is 10.2 Å². The zero-order valence-electron chi connectivity index (χ0n) is 11.7. The van der Waals surface area contributed by atoms with Gasteiger partial charge in [-0.1, -0.05) is 0 Å². The first kappa shape index (κ1) is 15.3. The lowest BCUT2D eigenvalue weighted by atomic mass is 9.73. The van der Waals surface area contributed by atoms with E-state index in [1.54, 1.807) is 0 Å². The quantitative estimate of drug-likeness (QED) is 0.343. The fraction of sp³-hybridized carbons (Fsp3) is 0.429. The van der Waals surface area contributed by atoms with Crippen LogP contribution in [0.2, 0.25) is 5.28 Å². The van der Waals surface area contributed by atoms with Gasteiger partial charge in [0.05, 0.1) is 4.47 Å². The number of fused-ring (bicyclic) bond motifs is 1. The minimum atomic E-state index is -0.383. The first-order valence-electron chi connectivity index (χ1n) is 6.83. The molecule has 4 rings (SSSR count). The van der Waals surface area contributed by atoms with E-state index in [-0.39, 0.29) is 16.6 Å². The van der Waals surface area contributed by atoms with Crippen molar-refractivity contribution in [2.45, 2.75) is 0 Å². The molecule has 2 aliphatic heterocycles. The molecule has 2 aromatic rings. The van der Waals surface area contributed by atoms with Gasteiger partial charge in [-0.25, -0.2) is 9.37 Å². The third-order valence-electron chi connectivity index (χ3n) is 4.34. The molecular formula is C14H12BrClFIN4. The second-order valence-corrected chi connectivity index (χ2v) is 8.52. The predicted octanol–water partition coefficient (Wildman–Crippen LogP) is 3.54. The van der Waals surface area contributed by atoms with E-state index >= 15 is 0 Å². The Balaban J connectivity index is 1.78. The summed E-state index contributed by atoms with van der Waals surface area (Å²) in [5.74, 6) is 0.352. The molecule has 2 fully saturated rings. The molecule has 2 aliphatic rings. The Hall–Kier alpha value is -0.250. The number of halogens is 4. The van der Waals surface area contributed by atoms with Crippen LogP contribution in [0.15, 0.2) is 10.5 Å². The first-order valence-corrected chi connectivity index (χ1v) is 9.08. The Kier molecular flexibility index (Phi) is 3.56. The Morgan fingerprint density at radius 2 is 2.00 bits per heavy atom. The summed E-state index contributed by atoms with van der Waals surface area (Å²) >= 11 is 11.4. The maximum atomic E-state index is 14.5. The van der Waals surface area contributed by atoms with Crippen molar-refractivity contribution in [2.24, 2.45) is 5.41 Å². The van der Waals surface area contributed by atoms with Gasteiger partial charge in [0, 0.05) is 40.6 Å². The Bertz CT molecular complexity index is 788. The molecule has 0 N–H and O–H groups in total. The minimum absolute atomic E-state index is 0.0844. The van der Waals surface area contributed by atoms with Crippen LogP contribution in [-0.2, 0) is 0 Å². The predicted molar refractivity (Wildman–Crippen MR) is 97.1 cm³/mol. The van der Waals surface area contributed by atoms with Crippen molar-refractivity contribution in [2.75, 3.05) is 38.1 Å². The summed E-state index contributed by atoms with van der Waals surface area (Å²) in [6, 6.07) is 1.91. The molecule has 0 unspecified atom stereocenters. The van der Waals surface area contributed by atoms with Gasteiger partial charge in [-0.15, -0.1) is 0 Å². The van der Waals surface area contributed by atoms with E-state index in [4.69, 9.17) is 11.6 Å². The Morgan fingerprint density at radius 1 is 1.32 bits per heavy atom. The third-order valence-corrected chi connectivity index (χ3v) is 6.88. The molecule has 1 spiro atoms. The fourth-order valence-electron chi connectivity index (χ4n) is 3.58. The van der Waals surface area contributed by atoms with Gasteiger partial charge < -0.3 is 9.80 Å². The Morgan fingerprint density at radius 3 is 2.64 bits per heavy atom. The number of hydrogen-bond acceptors (Lipinski definition) is 4. The van der Waals surface area contributed by atoms with Crippen molar-refractivity contribution in [1.82, 2.24) is 14.9 Å². The number of anilines is 1. The number of rotatable bonds is 1. The highest BCUT2D eigenvalue weighted by Gasteiger charge is 2.51. The zero-order valence-corrected chi connectivity index (χ0v) is 16.2. The van der Waals surface area contributed by atoms with Crippen LogP contribution < -0.4 is 4.90 Å². The van der Waals surface area contributed by atoms with E-state index in [2.05, 4.69) is 65.3 Å². The van der Waals surface area contributed by atoms with E-state index < -0.39 is 0 Å². The van der Waals surface area contributed by atoms with E-state index in [1.165, 1.54) is 0 Å². The minimum Gasteiger partial charge on any atom is -0.355 e. The van der Waals surface area contributed by atoms with Crippen LogP contribution in [-0.4, -0.2) is 48.1 Å². The van der Waals surface area contributed by atoms with Crippen LogP contribution in [0.5, 0.6) is 0 Å². The normalized spacial score (nSPS) is 20.3. The zero-order chi connectivity index (χ0) is 15.6. The van der Waals surface area contributed by atoms with Gasteiger partial charge in [0.2, 0.25) is 5.28 Å². The highest BCUT2D eigenvalue weighted by Crippen LogP contribution is 2.43. The molecule has 8 heteroatoms. The fourth-order valence-corrected chi connectivity index (χ4v) is 4.60. The highest BCUT2D eigenvalue weighted by atomic mass is 127.